The van der Waals surface area contributed by atoms with E-state index >= 15 is 0 Å². The highest BCUT2D eigenvalue weighted by Gasteiger charge is 2.37. The number of carbonyl (C=O) groups is 2. The highest BCUT2D eigenvalue weighted by molar-refractivity contribution is 6.30. The van der Waals surface area contributed by atoms with Crippen LogP contribution in [0.4, 0.5) is 10.2 Å². The van der Waals surface area contributed by atoms with Crippen molar-refractivity contribution in [1.82, 2.24) is 10.2 Å². The smallest absolute Gasteiger partial charge is 0.342 e. The Hall–Kier alpha value is -2.74. The van der Waals surface area contributed by atoms with Gasteiger partial charge in [0.1, 0.15) is 17.0 Å². The van der Waals surface area contributed by atoms with E-state index in [1.807, 2.05) is 0 Å². The van der Waals surface area contributed by atoms with E-state index in [9.17, 15) is 14.0 Å². The number of hydrogen-bond donors (Lipinski definition) is 0. The summed E-state index contributed by atoms with van der Waals surface area (Å²) < 4.78 is 24.5. The molecule has 0 spiro atoms. The molecule has 1 aromatic carbocycles. The van der Waals surface area contributed by atoms with Crippen LogP contribution in [0.3, 0.4) is 0 Å². The van der Waals surface area contributed by atoms with Crippen molar-refractivity contribution in [3.8, 4) is 11.3 Å². The summed E-state index contributed by atoms with van der Waals surface area (Å²) in [5.74, 6) is -1.52. The number of esters is 2. The fourth-order valence-electron chi connectivity index (χ4n) is 2.89. The molecule has 0 aliphatic carbocycles. The van der Waals surface area contributed by atoms with Gasteiger partial charge < -0.3 is 14.4 Å². The Morgan fingerprint density at radius 3 is 2.52 bits per heavy atom. The van der Waals surface area contributed by atoms with Gasteiger partial charge in [0.25, 0.3) is 0 Å². The Bertz CT molecular complexity index is 955. The van der Waals surface area contributed by atoms with Crippen molar-refractivity contribution in [2.45, 2.75) is 26.4 Å². The van der Waals surface area contributed by atoms with Crippen LogP contribution in [0.15, 0.2) is 24.3 Å². The molecule has 0 N–H and O–H groups in total. The molecule has 0 unspecified atom stereocenters. The zero-order valence-electron chi connectivity index (χ0n) is 16.5. The molecule has 1 aromatic heterocycles. The predicted octanol–water partition coefficient (Wildman–Crippen LogP) is 3.50. The van der Waals surface area contributed by atoms with E-state index in [4.69, 9.17) is 21.1 Å². The van der Waals surface area contributed by atoms with E-state index in [-0.39, 0.29) is 34.5 Å². The van der Waals surface area contributed by atoms with Gasteiger partial charge in [-0.15, -0.1) is 10.2 Å². The van der Waals surface area contributed by atoms with Gasteiger partial charge >= 0.3 is 11.9 Å². The fourth-order valence-corrected chi connectivity index (χ4v) is 3.07. The fraction of sp³-hybridized carbons (Fsp3) is 0.400. The van der Waals surface area contributed by atoms with Gasteiger partial charge in [0.05, 0.1) is 18.7 Å². The van der Waals surface area contributed by atoms with Crippen LogP contribution >= 0.6 is 11.6 Å². The molecule has 2 aromatic rings. The summed E-state index contributed by atoms with van der Waals surface area (Å²) in [5.41, 5.74) is -0.326. The van der Waals surface area contributed by atoms with E-state index < -0.39 is 17.4 Å². The maximum atomic E-state index is 14.3. The highest BCUT2D eigenvalue weighted by atomic mass is 35.5. The van der Waals surface area contributed by atoms with Crippen molar-refractivity contribution in [2.24, 2.45) is 5.92 Å². The minimum atomic E-state index is -0.734. The topological polar surface area (TPSA) is 81.6 Å². The lowest BCUT2D eigenvalue weighted by Crippen LogP contribution is -2.51. The summed E-state index contributed by atoms with van der Waals surface area (Å²) in [5, 5.41) is 8.53. The number of ether oxygens (including phenoxy) is 2. The maximum absolute atomic E-state index is 14.3. The molecule has 1 saturated heterocycles. The van der Waals surface area contributed by atoms with Crippen LogP contribution in [0, 0.1) is 11.7 Å². The molecule has 29 heavy (non-hydrogen) atoms. The molecule has 9 heteroatoms. The molecule has 1 fully saturated rings. The number of anilines is 1. The van der Waals surface area contributed by atoms with Crippen molar-refractivity contribution in [1.29, 1.82) is 0 Å². The molecule has 3 rings (SSSR count). The van der Waals surface area contributed by atoms with E-state index in [2.05, 4.69) is 10.2 Å². The molecule has 1 aliphatic heterocycles. The van der Waals surface area contributed by atoms with E-state index in [0.29, 0.717) is 18.1 Å². The van der Waals surface area contributed by atoms with E-state index in [1.165, 1.54) is 31.4 Å². The Kier molecular flexibility index (Phi) is 5.75. The quantitative estimate of drug-likeness (QED) is 0.699. The van der Waals surface area contributed by atoms with Crippen LogP contribution in [0.1, 0.15) is 31.1 Å². The molecule has 0 saturated carbocycles. The number of benzene rings is 1. The van der Waals surface area contributed by atoms with Gasteiger partial charge in [0.2, 0.25) is 0 Å². The summed E-state index contributed by atoms with van der Waals surface area (Å²) >= 11 is 5.97. The van der Waals surface area contributed by atoms with Crippen molar-refractivity contribution in [3.05, 3.63) is 40.7 Å². The molecule has 0 radical (unpaired) electrons. The number of hydrogen-bond acceptors (Lipinski definition) is 7. The molecule has 154 valence electrons. The minimum absolute atomic E-state index is 0.123. The van der Waals surface area contributed by atoms with Crippen molar-refractivity contribution >= 4 is 29.4 Å². The average Bonchev–Trinajstić information content (AvgIpc) is 2.61. The van der Waals surface area contributed by atoms with Gasteiger partial charge in [-0.2, -0.15) is 0 Å². The van der Waals surface area contributed by atoms with Crippen molar-refractivity contribution in [3.63, 3.8) is 0 Å². The summed E-state index contributed by atoms with van der Waals surface area (Å²) in [4.78, 5) is 26.2. The predicted molar refractivity (Wildman–Crippen MR) is 105 cm³/mol. The zero-order valence-corrected chi connectivity index (χ0v) is 17.3. The second kappa shape index (κ2) is 7.94. The Morgan fingerprint density at radius 1 is 1.21 bits per heavy atom. The van der Waals surface area contributed by atoms with E-state index in [1.54, 1.807) is 25.7 Å². The van der Waals surface area contributed by atoms with Crippen LogP contribution < -0.4 is 4.90 Å². The highest BCUT2D eigenvalue weighted by Crippen LogP contribution is 2.31. The first-order valence-corrected chi connectivity index (χ1v) is 9.36. The number of rotatable bonds is 4. The second-order valence-electron chi connectivity index (χ2n) is 7.72. The van der Waals surface area contributed by atoms with Gasteiger partial charge in [-0.3, -0.25) is 4.79 Å². The van der Waals surface area contributed by atoms with Crippen LogP contribution in [0.2, 0.25) is 5.02 Å². The zero-order chi connectivity index (χ0) is 21.3. The summed E-state index contributed by atoms with van der Waals surface area (Å²) in [6, 6.07) is 5.48. The first kappa shape index (κ1) is 21.0. The normalized spacial score (nSPS) is 14.3. The summed E-state index contributed by atoms with van der Waals surface area (Å²) in [7, 11) is 1.32. The van der Waals surface area contributed by atoms with Gasteiger partial charge in [0, 0.05) is 23.7 Å². The molecular formula is C20H21ClFN3O4. The summed E-state index contributed by atoms with van der Waals surface area (Å²) in [6.45, 7) is 5.90. The van der Waals surface area contributed by atoms with Crippen LogP contribution in [-0.4, -0.2) is 47.9 Å². The van der Waals surface area contributed by atoms with Gasteiger partial charge in [-0.1, -0.05) is 11.6 Å². The monoisotopic (exact) mass is 421 g/mol. The molecule has 2 heterocycles. The van der Waals surface area contributed by atoms with Gasteiger partial charge in [-0.25, -0.2) is 9.18 Å². The van der Waals surface area contributed by atoms with Crippen molar-refractivity contribution in [2.75, 3.05) is 25.1 Å². The number of halogens is 2. The molecule has 0 bridgehead atoms. The molecule has 0 atom stereocenters. The average molecular weight is 422 g/mol. The molecule has 7 nitrogen and oxygen atoms in total. The molecular weight excluding hydrogens is 401 g/mol. The van der Waals surface area contributed by atoms with Gasteiger partial charge in [-0.05, 0) is 45.0 Å². The van der Waals surface area contributed by atoms with Gasteiger partial charge in [0.15, 0.2) is 5.82 Å². The number of nitrogens with zero attached hydrogens (tertiary/aromatic N) is 3. The maximum Gasteiger partial charge on any atom is 0.342 e. The van der Waals surface area contributed by atoms with Crippen LogP contribution in [0.5, 0.6) is 0 Å². The largest absolute Gasteiger partial charge is 0.469 e. The van der Waals surface area contributed by atoms with Crippen LogP contribution in [0.25, 0.3) is 11.3 Å². The molecule has 1 aliphatic rings. The summed E-state index contributed by atoms with van der Waals surface area (Å²) in [6.07, 6.45) is 0. The first-order chi connectivity index (χ1) is 13.6. The Balaban J connectivity index is 1.99. The SMILES string of the molecule is COC(=O)C1CN(c2nnc(-c3cc(Cl)ccc3F)cc2C(=O)OC(C)(C)C)C1. The lowest BCUT2D eigenvalue weighted by Gasteiger charge is -2.38. The van der Waals surface area contributed by atoms with E-state index in [0.717, 1.165) is 0 Å². The third kappa shape index (κ3) is 4.64. The first-order valence-electron chi connectivity index (χ1n) is 8.98. The van der Waals surface area contributed by atoms with Crippen molar-refractivity contribution < 1.29 is 23.5 Å². The third-order valence-corrected chi connectivity index (χ3v) is 4.55. The Labute approximate surface area is 172 Å². The lowest BCUT2D eigenvalue weighted by atomic mass is 9.99. The minimum Gasteiger partial charge on any atom is -0.469 e. The lowest BCUT2D eigenvalue weighted by molar-refractivity contribution is -0.146. The third-order valence-electron chi connectivity index (χ3n) is 4.31. The number of aromatic nitrogens is 2. The Morgan fingerprint density at radius 2 is 1.90 bits per heavy atom. The number of methoxy groups -OCH3 is 1. The standard InChI is InChI=1S/C20H21ClFN3O4/c1-20(2,3)29-19(27)14-8-16(13-7-12(21)5-6-15(13)22)23-24-17(14)25-9-11(10-25)18(26)28-4/h5-8,11H,9-10H2,1-4H3. The number of carbonyl (C=O) groups excluding carboxylic acids is 2. The van der Waals surface area contributed by atoms with Crippen LogP contribution in [-0.2, 0) is 14.3 Å². The molecule has 0 amide bonds. The second-order valence-corrected chi connectivity index (χ2v) is 8.15.